The first-order chi connectivity index (χ1) is 24.0. The first-order valence-corrected chi connectivity index (χ1v) is 16.9. The van der Waals surface area contributed by atoms with Crippen molar-refractivity contribution in [2.45, 2.75) is 19.3 Å². The van der Waals surface area contributed by atoms with E-state index >= 15 is 0 Å². The second-order valence-electron chi connectivity index (χ2n) is 13.4. The molecule has 1 aliphatic carbocycles. The van der Waals surface area contributed by atoms with Gasteiger partial charge in [-0.05, 0) is 79.5 Å². The molecular formula is C47H34N2. The average molecular weight is 627 g/mol. The third kappa shape index (κ3) is 4.96. The van der Waals surface area contributed by atoms with Crippen LogP contribution in [0.1, 0.15) is 25.0 Å². The molecule has 2 nitrogen and oxygen atoms in total. The van der Waals surface area contributed by atoms with Crippen molar-refractivity contribution < 1.29 is 0 Å². The van der Waals surface area contributed by atoms with Gasteiger partial charge < -0.3 is 0 Å². The van der Waals surface area contributed by atoms with Gasteiger partial charge in [0.05, 0.1) is 11.4 Å². The van der Waals surface area contributed by atoms with Crippen LogP contribution in [0.15, 0.2) is 170 Å². The first kappa shape index (κ1) is 29.1. The maximum atomic E-state index is 5.10. The van der Waals surface area contributed by atoms with Gasteiger partial charge in [-0.1, -0.05) is 159 Å². The van der Waals surface area contributed by atoms with E-state index in [9.17, 15) is 0 Å². The fraction of sp³-hybridized carbons (Fsp3) is 0.0638. The molecule has 0 N–H and O–H groups in total. The van der Waals surface area contributed by atoms with Crippen molar-refractivity contribution in [2.75, 3.05) is 0 Å². The van der Waals surface area contributed by atoms with E-state index in [1.807, 2.05) is 12.1 Å². The summed E-state index contributed by atoms with van der Waals surface area (Å²) in [7, 11) is 0. The Balaban J connectivity index is 1.18. The highest BCUT2D eigenvalue weighted by Crippen LogP contribution is 2.55. The maximum Gasteiger partial charge on any atom is 0.160 e. The molecule has 0 saturated heterocycles. The zero-order valence-electron chi connectivity index (χ0n) is 27.6. The van der Waals surface area contributed by atoms with Crippen LogP contribution in [0.25, 0.3) is 78.1 Å². The molecule has 0 unspecified atom stereocenters. The fourth-order valence-electron chi connectivity index (χ4n) is 7.56. The van der Waals surface area contributed by atoms with Crippen molar-refractivity contribution in [3.63, 3.8) is 0 Å². The SMILES string of the molecule is CC1(C)c2cc(-c3cccc(-c4nc(-c5ccccc5)cc(-c5ccccc5)n4)c3)ccc2-c2c1cc1ccccc1c2-c1ccccc1. The van der Waals surface area contributed by atoms with Crippen molar-refractivity contribution in [1.29, 1.82) is 0 Å². The topological polar surface area (TPSA) is 25.8 Å². The Morgan fingerprint density at radius 2 is 0.939 bits per heavy atom. The van der Waals surface area contributed by atoms with Crippen molar-refractivity contribution in [3.8, 4) is 67.3 Å². The molecule has 0 spiro atoms. The lowest BCUT2D eigenvalue weighted by molar-refractivity contribution is 0.661. The second kappa shape index (κ2) is 11.5. The van der Waals surface area contributed by atoms with Crippen LogP contribution in [0.3, 0.4) is 0 Å². The molecule has 49 heavy (non-hydrogen) atoms. The van der Waals surface area contributed by atoms with Crippen LogP contribution in [0, 0.1) is 0 Å². The lowest BCUT2D eigenvalue weighted by atomic mass is 9.80. The van der Waals surface area contributed by atoms with Crippen LogP contribution in [0.2, 0.25) is 0 Å². The normalized spacial score (nSPS) is 12.9. The Hall–Kier alpha value is -6.12. The van der Waals surface area contributed by atoms with Gasteiger partial charge in [-0.25, -0.2) is 9.97 Å². The fourth-order valence-corrected chi connectivity index (χ4v) is 7.56. The van der Waals surface area contributed by atoms with E-state index in [0.717, 1.165) is 39.5 Å². The molecule has 0 amide bonds. The Morgan fingerprint density at radius 3 is 1.61 bits per heavy atom. The molecule has 7 aromatic carbocycles. The minimum atomic E-state index is -0.163. The van der Waals surface area contributed by atoms with Crippen LogP contribution in [0.5, 0.6) is 0 Å². The summed E-state index contributed by atoms with van der Waals surface area (Å²) in [6.45, 7) is 4.74. The number of benzene rings is 7. The molecule has 0 saturated carbocycles. The van der Waals surface area contributed by atoms with E-state index in [0.29, 0.717) is 0 Å². The smallest absolute Gasteiger partial charge is 0.160 e. The Morgan fingerprint density at radius 1 is 0.388 bits per heavy atom. The van der Waals surface area contributed by atoms with Gasteiger partial charge in [0, 0.05) is 22.1 Å². The Bertz CT molecular complexity index is 2440. The quantitative estimate of drug-likeness (QED) is 0.190. The molecule has 0 aliphatic heterocycles. The number of nitrogens with zero attached hydrogens (tertiary/aromatic N) is 2. The standard InChI is InChI=1S/C47H34N2/c1-47(2)40-28-35(25-26-39(40)45-41(47)29-36-21-12-13-24-38(36)44(45)33-19-10-5-11-20-33)34-22-14-23-37(27-34)46-48-42(31-15-6-3-7-16-31)30-43(49-46)32-17-8-4-9-18-32/h3-30H,1-2H3. The van der Waals surface area contributed by atoms with Crippen LogP contribution in [-0.2, 0) is 5.41 Å². The van der Waals surface area contributed by atoms with Gasteiger partial charge in [-0.2, -0.15) is 0 Å². The van der Waals surface area contributed by atoms with Gasteiger partial charge in [-0.3, -0.25) is 0 Å². The zero-order chi connectivity index (χ0) is 33.0. The largest absolute Gasteiger partial charge is 0.228 e. The number of aromatic nitrogens is 2. The molecule has 0 bridgehead atoms. The van der Waals surface area contributed by atoms with Crippen molar-refractivity contribution in [2.24, 2.45) is 0 Å². The monoisotopic (exact) mass is 626 g/mol. The lowest BCUT2D eigenvalue weighted by Gasteiger charge is -2.23. The van der Waals surface area contributed by atoms with E-state index in [1.54, 1.807) is 0 Å². The van der Waals surface area contributed by atoms with Crippen molar-refractivity contribution in [3.05, 3.63) is 181 Å². The van der Waals surface area contributed by atoms with E-state index in [-0.39, 0.29) is 5.41 Å². The summed E-state index contributed by atoms with van der Waals surface area (Å²) in [5.41, 5.74) is 15.1. The number of hydrogen-bond donors (Lipinski definition) is 0. The summed E-state index contributed by atoms with van der Waals surface area (Å²) in [6.07, 6.45) is 0. The van der Waals surface area contributed by atoms with E-state index in [2.05, 4.69) is 172 Å². The zero-order valence-corrected chi connectivity index (χ0v) is 27.6. The van der Waals surface area contributed by atoms with Gasteiger partial charge >= 0.3 is 0 Å². The number of fused-ring (bicyclic) bond motifs is 4. The van der Waals surface area contributed by atoms with Crippen LogP contribution < -0.4 is 0 Å². The van der Waals surface area contributed by atoms with E-state index in [4.69, 9.17) is 9.97 Å². The highest BCUT2D eigenvalue weighted by Gasteiger charge is 2.38. The van der Waals surface area contributed by atoms with Gasteiger partial charge in [0.2, 0.25) is 0 Å². The lowest BCUT2D eigenvalue weighted by Crippen LogP contribution is -2.15. The minimum absolute atomic E-state index is 0.163. The van der Waals surface area contributed by atoms with Gasteiger partial charge in [0.1, 0.15) is 0 Å². The maximum absolute atomic E-state index is 5.10. The second-order valence-corrected chi connectivity index (χ2v) is 13.4. The van der Waals surface area contributed by atoms with Crippen LogP contribution in [-0.4, -0.2) is 9.97 Å². The predicted octanol–water partition coefficient (Wildman–Crippen LogP) is 12.3. The number of rotatable bonds is 5. The van der Waals surface area contributed by atoms with Gasteiger partial charge in [0.15, 0.2) is 5.82 Å². The molecule has 232 valence electrons. The molecule has 0 fully saturated rings. The van der Waals surface area contributed by atoms with Gasteiger partial charge in [-0.15, -0.1) is 0 Å². The van der Waals surface area contributed by atoms with E-state index in [1.165, 1.54) is 49.7 Å². The highest BCUT2D eigenvalue weighted by molar-refractivity contribution is 6.08. The third-order valence-electron chi connectivity index (χ3n) is 10.1. The summed E-state index contributed by atoms with van der Waals surface area (Å²) in [5, 5.41) is 2.57. The van der Waals surface area contributed by atoms with E-state index < -0.39 is 0 Å². The van der Waals surface area contributed by atoms with Crippen LogP contribution >= 0.6 is 0 Å². The average Bonchev–Trinajstić information content (AvgIpc) is 3.39. The molecule has 2 heteroatoms. The molecule has 0 atom stereocenters. The molecule has 8 aromatic rings. The molecule has 1 aliphatic rings. The number of hydrogen-bond acceptors (Lipinski definition) is 2. The summed E-state index contributed by atoms with van der Waals surface area (Å²) in [5.74, 6) is 0.718. The Labute approximate surface area is 287 Å². The summed E-state index contributed by atoms with van der Waals surface area (Å²) in [4.78, 5) is 10.2. The molecule has 0 radical (unpaired) electrons. The Kier molecular flexibility index (Phi) is 6.84. The third-order valence-corrected chi connectivity index (χ3v) is 10.1. The van der Waals surface area contributed by atoms with Crippen molar-refractivity contribution >= 4 is 10.8 Å². The molecule has 9 rings (SSSR count). The molecule has 1 aromatic heterocycles. The summed E-state index contributed by atoms with van der Waals surface area (Å²) < 4.78 is 0. The summed E-state index contributed by atoms with van der Waals surface area (Å²) >= 11 is 0. The highest BCUT2D eigenvalue weighted by atomic mass is 14.9. The first-order valence-electron chi connectivity index (χ1n) is 16.9. The predicted molar refractivity (Wildman–Crippen MR) is 204 cm³/mol. The van der Waals surface area contributed by atoms with Crippen molar-refractivity contribution in [1.82, 2.24) is 9.97 Å². The minimum Gasteiger partial charge on any atom is -0.228 e. The summed E-state index contributed by atoms with van der Waals surface area (Å²) in [6, 6.07) is 60.6. The van der Waals surface area contributed by atoms with Crippen LogP contribution in [0.4, 0.5) is 0 Å². The molecular weight excluding hydrogens is 593 g/mol. The molecule has 1 heterocycles. The van der Waals surface area contributed by atoms with Gasteiger partial charge in [0.25, 0.3) is 0 Å².